The maximum absolute atomic E-state index is 12.2. The average Bonchev–Trinajstić information content (AvgIpc) is 3.17. The van der Waals surface area contributed by atoms with Gasteiger partial charge in [-0.25, -0.2) is 4.98 Å². The van der Waals surface area contributed by atoms with Crippen molar-refractivity contribution in [3.63, 3.8) is 0 Å². The topological polar surface area (TPSA) is 50.2 Å². The van der Waals surface area contributed by atoms with Gasteiger partial charge in [0.1, 0.15) is 12.6 Å². The van der Waals surface area contributed by atoms with Gasteiger partial charge < -0.3 is 9.88 Å². The largest absolute Gasteiger partial charge is 0.322 e. The Labute approximate surface area is 142 Å². The quantitative estimate of drug-likeness (QED) is 0.765. The molecule has 1 aliphatic rings. The molecule has 23 heavy (non-hydrogen) atoms. The molecular weight excluding hydrogens is 330 g/mol. The van der Waals surface area contributed by atoms with E-state index in [1.165, 1.54) is 22.6 Å². The standard InChI is InChI=1S/C17H16ClN3OS/c18-11-5-6-12-13(9-11)19-16(20-17(12)22)10-21-7-1-3-14(21)15-4-2-8-23-15/h2,4-6,8-9,14H,1,3,7,10H2,(H,19,20,22)/p+1/t14-/m1/s1. The number of rotatable bonds is 3. The lowest BCUT2D eigenvalue weighted by Gasteiger charge is -2.20. The maximum atomic E-state index is 12.2. The van der Waals surface area contributed by atoms with Gasteiger partial charge in [-0.05, 0) is 29.6 Å². The Bertz CT molecular complexity index is 890. The predicted octanol–water partition coefficient (Wildman–Crippen LogP) is 2.56. The highest BCUT2D eigenvalue weighted by Crippen LogP contribution is 2.23. The van der Waals surface area contributed by atoms with Crippen molar-refractivity contribution < 1.29 is 4.90 Å². The molecule has 1 aromatic carbocycles. The molecule has 0 spiro atoms. The molecule has 1 fully saturated rings. The van der Waals surface area contributed by atoms with Gasteiger partial charge in [-0.1, -0.05) is 17.7 Å². The summed E-state index contributed by atoms with van der Waals surface area (Å²) in [5, 5.41) is 3.32. The number of thiophene rings is 1. The molecule has 3 heterocycles. The van der Waals surface area contributed by atoms with Crippen molar-refractivity contribution >= 4 is 33.8 Å². The Balaban J connectivity index is 1.66. The molecule has 4 rings (SSSR count). The third-order valence-corrected chi connectivity index (χ3v) is 5.70. The number of fused-ring (bicyclic) bond motifs is 1. The zero-order valence-electron chi connectivity index (χ0n) is 12.5. The highest BCUT2D eigenvalue weighted by molar-refractivity contribution is 7.10. The summed E-state index contributed by atoms with van der Waals surface area (Å²) in [6, 6.07) is 10.0. The molecule has 2 aromatic heterocycles. The first-order chi connectivity index (χ1) is 11.2. The summed E-state index contributed by atoms with van der Waals surface area (Å²) in [4.78, 5) is 22.7. The van der Waals surface area contributed by atoms with Crippen molar-refractivity contribution in [2.75, 3.05) is 6.54 Å². The van der Waals surface area contributed by atoms with Crippen LogP contribution in [0.15, 0.2) is 40.5 Å². The summed E-state index contributed by atoms with van der Waals surface area (Å²) in [5.41, 5.74) is 0.579. The van der Waals surface area contributed by atoms with E-state index in [4.69, 9.17) is 11.6 Å². The number of likely N-dealkylation sites (tertiary alicyclic amines) is 1. The lowest BCUT2D eigenvalue weighted by atomic mass is 10.2. The van der Waals surface area contributed by atoms with Crippen molar-refractivity contribution in [3.05, 3.63) is 61.8 Å². The van der Waals surface area contributed by atoms with E-state index >= 15 is 0 Å². The molecule has 2 N–H and O–H groups in total. The molecule has 1 unspecified atom stereocenters. The van der Waals surface area contributed by atoms with Crippen LogP contribution >= 0.6 is 22.9 Å². The van der Waals surface area contributed by atoms with Crippen LogP contribution in [0.5, 0.6) is 0 Å². The third-order valence-electron chi connectivity index (χ3n) is 4.48. The first kappa shape index (κ1) is 14.9. The minimum absolute atomic E-state index is 0.0899. The number of H-pyrrole nitrogens is 1. The van der Waals surface area contributed by atoms with E-state index in [1.807, 2.05) is 11.3 Å². The van der Waals surface area contributed by atoms with E-state index in [-0.39, 0.29) is 5.56 Å². The van der Waals surface area contributed by atoms with E-state index < -0.39 is 0 Å². The summed E-state index contributed by atoms with van der Waals surface area (Å²) in [5.74, 6) is 0.739. The van der Waals surface area contributed by atoms with Gasteiger partial charge in [0.2, 0.25) is 0 Å². The van der Waals surface area contributed by atoms with Crippen molar-refractivity contribution in [2.24, 2.45) is 0 Å². The van der Waals surface area contributed by atoms with Crippen LogP contribution in [-0.2, 0) is 6.54 Å². The van der Waals surface area contributed by atoms with E-state index in [1.54, 1.807) is 18.2 Å². The third kappa shape index (κ3) is 2.92. The molecule has 118 valence electrons. The average molecular weight is 347 g/mol. The zero-order valence-corrected chi connectivity index (χ0v) is 14.1. The summed E-state index contributed by atoms with van der Waals surface area (Å²) < 4.78 is 0. The fraction of sp³-hybridized carbons (Fsp3) is 0.294. The lowest BCUT2D eigenvalue weighted by molar-refractivity contribution is -0.932. The molecular formula is C17H17ClN3OS+. The minimum atomic E-state index is -0.0899. The molecule has 6 heteroatoms. The van der Waals surface area contributed by atoms with Crippen LogP contribution in [0.2, 0.25) is 5.02 Å². The van der Waals surface area contributed by atoms with Crippen LogP contribution in [0.3, 0.4) is 0 Å². The van der Waals surface area contributed by atoms with E-state index in [9.17, 15) is 4.79 Å². The van der Waals surface area contributed by atoms with Crippen molar-refractivity contribution in [3.8, 4) is 0 Å². The second-order valence-corrected chi connectivity index (χ2v) is 7.39. The van der Waals surface area contributed by atoms with Crippen LogP contribution in [0.1, 0.15) is 29.6 Å². The minimum Gasteiger partial charge on any atom is -0.322 e. The van der Waals surface area contributed by atoms with Crippen molar-refractivity contribution in [2.45, 2.75) is 25.4 Å². The molecule has 0 saturated carbocycles. The summed E-state index contributed by atoms with van der Waals surface area (Å²) in [6.07, 6.45) is 2.40. The second-order valence-electron chi connectivity index (χ2n) is 5.97. The summed E-state index contributed by atoms with van der Waals surface area (Å²) >= 11 is 7.84. The molecule has 2 atom stereocenters. The predicted molar refractivity (Wildman–Crippen MR) is 93.2 cm³/mol. The first-order valence-corrected chi connectivity index (χ1v) is 9.03. The van der Waals surface area contributed by atoms with Crippen molar-refractivity contribution in [1.82, 2.24) is 9.97 Å². The smallest absolute Gasteiger partial charge is 0.258 e. The Morgan fingerprint density at radius 2 is 2.30 bits per heavy atom. The maximum Gasteiger partial charge on any atom is 0.258 e. The number of nitrogens with zero attached hydrogens (tertiary/aromatic N) is 1. The molecule has 3 aromatic rings. The monoisotopic (exact) mass is 346 g/mol. The molecule has 0 amide bonds. The Kier molecular flexibility index (Phi) is 3.93. The Morgan fingerprint density at radius 1 is 1.39 bits per heavy atom. The first-order valence-electron chi connectivity index (χ1n) is 7.77. The van der Waals surface area contributed by atoms with Gasteiger partial charge in [0, 0.05) is 17.9 Å². The van der Waals surface area contributed by atoms with Gasteiger partial charge in [-0.3, -0.25) is 4.79 Å². The van der Waals surface area contributed by atoms with Crippen LogP contribution in [0, 0.1) is 0 Å². The number of hydrogen-bond acceptors (Lipinski definition) is 3. The fourth-order valence-corrected chi connectivity index (χ4v) is 4.50. The van der Waals surface area contributed by atoms with E-state index in [0.29, 0.717) is 22.0 Å². The molecule has 0 radical (unpaired) electrons. The van der Waals surface area contributed by atoms with E-state index in [2.05, 4.69) is 27.5 Å². The number of halogens is 1. The fourth-order valence-electron chi connectivity index (χ4n) is 3.42. The Hall–Kier alpha value is -1.69. The highest BCUT2D eigenvalue weighted by atomic mass is 35.5. The van der Waals surface area contributed by atoms with Gasteiger partial charge in [0.15, 0.2) is 5.82 Å². The van der Waals surface area contributed by atoms with E-state index in [0.717, 1.165) is 18.9 Å². The van der Waals surface area contributed by atoms with Crippen LogP contribution in [0.4, 0.5) is 0 Å². The normalized spacial score (nSPS) is 21.1. The lowest BCUT2D eigenvalue weighted by Crippen LogP contribution is -3.09. The number of hydrogen-bond donors (Lipinski definition) is 2. The van der Waals surface area contributed by atoms with Gasteiger partial charge in [-0.15, -0.1) is 11.3 Å². The van der Waals surface area contributed by atoms with Gasteiger partial charge >= 0.3 is 0 Å². The molecule has 4 nitrogen and oxygen atoms in total. The van der Waals surface area contributed by atoms with Gasteiger partial charge in [0.05, 0.1) is 22.3 Å². The number of quaternary nitrogens is 1. The van der Waals surface area contributed by atoms with Crippen LogP contribution in [0.25, 0.3) is 10.9 Å². The zero-order chi connectivity index (χ0) is 15.8. The molecule has 0 bridgehead atoms. The number of benzene rings is 1. The van der Waals surface area contributed by atoms with Crippen LogP contribution in [-0.4, -0.2) is 16.5 Å². The summed E-state index contributed by atoms with van der Waals surface area (Å²) in [7, 11) is 0. The number of nitrogens with one attached hydrogen (secondary N) is 2. The van der Waals surface area contributed by atoms with Crippen molar-refractivity contribution in [1.29, 1.82) is 0 Å². The van der Waals surface area contributed by atoms with Crippen LogP contribution < -0.4 is 10.5 Å². The summed E-state index contributed by atoms with van der Waals surface area (Å²) in [6.45, 7) is 1.85. The number of aromatic amines is 1. The van der Waals surface area contributed by atoms with Gasteiger partial charge in [-0.2, -0.15) is 0 Å². The second kappa shape index (κ2) is 6.07. The molecule has 1 aliphatic heterocycles. The molecule has 1 saturated heterocycles. The Morgan fingerprint density at radius 3 is 3.13 bits per heavy atom. The number of aromatic nitrogens is 2. The SMILES string of the molecule is O=c1[nH]c(C[NH+]2CCC[C@@H]2c2cccs2)nc2cc(Cl)ccc12. The highest BCUT2D eigenvalue weighted by Gasteiger charge is 2.31. The molecule has 0 aliphatic carbocycles. The van der Waals surface area contributed by atoms with Gasteiger partial charge in [0.25, 0.3) is 5.56 Å².